The van der Waals surface area contributed by atoms with E-state index < -0.39 is 12.5 Å². The van der Waals surface area contributed by atoms with Crippen molar-refractivity contribution in [1.82, 2.24) is 14.8 Å². The standard InChI is InChI=1S/C30H29ClN4O3/c1-34-28-11-10-22(14-25(28)17-33-34)23-8-9-24(27(31)15-23)19-35(30(38)21-5-3-2-4-6-21)26-13-20(16-32-18-26)7-12-29(36)37/h7-18,21H,2-6,19H2,1H3,(H,36,37)/b12-7+/i19D. The second-order valence-corrected chi connectivity index (χ2v) is 10.0. The molecule has 1 amide bonds. The van der Waals surface area contributed by atoms with E-state index in [9.17, 15) is 11.0 Å². The minimum atomic E-state index is -1.11. The van der Waals surface area contributed by atoms with Crippen molar-refractivity contribution in [3.8, 4) is 11.1 Å². The molecule has 194 valence electrons. The van der Waals surface area contributed by atoms with Crippen LogP contribution in [0.1, 0.15) is 44.6 Å². The van der Waals surface area contributed by atoms with Gasteiger partial charge in [0.15, 0.2) is 0 Å². The second kappa shape index (κ2) is 11.2. The lowest BCUT2D eigenvalue weighted by Crippen LogP contribution is -2.37. The number of amides is 1. The molecule has 8 heteroatoms. The second-order valence-electron chi connectivity index (χ2n) is 9.60. The Labute approximate surface area is 227 Å². The average molecular weight is 530 g/mol. The Morgan fingerprint density at radius 1 is 1.11 bits per heavy atom. The van der Waals surface area contributed by atoms with Gasteiger partial charge in [-0.05, 0) is 65.4 Å². The van der Waals surface area contributed by atoms with E-state index in [0.717, 1.165) is 60.2 Å². The zero-order valence-corrected chi connectivity index (χ0v) is 21.8. The third-order valence-corrected chi connectivity index (χ3v) is 7.31. The molecule has 2 heterocycles. The van der Waals surface area contributed by atoms with E-state index in [0.29, 0.717) is 21.8 Å². The Morgan fingerprint density at radius 2 is 1.87 bits per heavy atom. The fourth-order valence-corrected chi connectivity index (χ4v) is 5.17. The molecule has 0 spiro atoms. The molecular formula is C30H29ClN4O3. The number of rotatable bonds is 7. The molecule has 1 unspecified atom stereocenters. The minimum absolute atomic E-state index is 0.141. The van der Waals surface area contributed by atoms with Gasteiger partial charge in [-0.1, -0.05) is 49.1 Å². The first-order valence-corrected chi connectivity index (χ1v) is 13.0. The molecule has 5 rings (SSSR count). The monoisotopic (exact) mass is 529 g/mol. The van der Waals surface area contributed by atoms with Crippen LogP contribution in [0.4, 0.5) is 5.69 Å². The van der Waals surface area contributed by atoms with Gasteiger partial charge < -0.3 is 10.0 Å². The van der Waals surface area contributed by atoms with Crippen molar-refractivity contribution in [1.29, 1.82) is 0 Å². The Bertz CT molecular complexity index is 1560. The van der Waals surface area contributed by atoms with E-state index in [-0.39, 0.29) is 11.8 Å². The van der Waals surface area contributed by atoms with Crippen molar-refractivity contribution in [3.05, 3.63) is 83.3 Å². The highest BCUT2D eigenvalue weighted by Crippen LogP contribution is 2.32. The Hall–Kier alpha value is -3.97. The first-order chi connectivity index (χ1) is 18.8. The van der Waals surface area contributed by atoms with Crippen molar-refractivity contribution in [2.75, 3.05) is 4.90 Å². The van der Waals surface area contributed by atoms with Gasteiger partial charge in [-0.25, -0.2) is 4.79 Å². The van der Waals surface area contributed by atoms with Gasteiger partial charge in [-0.2, -0.15) is 5.10 Å². The summed E-state index contributed by atoms with van der Waals surface area (Å²) in [5.41, 5.74) is 4.35. The van der Waals surface area contributed by atoms with Gasteiger partial charge in [0.05, 0.1) is 31.5 Å². The number of pyridine rings is 1. The van der Waals surface area contributed by atoms with Crippen LogP contribution in [0.25, 0.3) is 28.1 Å². The van der Waals surface area contributed by atoms with E-state index in [4.69, 9.17) is 16.7 Å². The van der Waals surface area contributed by atoms with Crippen LogP contribution in [-0.2, 0) is 23.2 Å². The van der Waals surface area contributed by atoms with Crippen molar-refractivity contribution < 1.29 is 16.1 Å². The lowest BCUT2D eigenvalue weighted by atomic mass is 9.88. The predicted molar refractivity (Wildman–Crippen MR) is 150 cm³/mol. The number of carboxylic acids is 1. The van der Waals surface area contributed by atoms with E-state index in [1.54, 1.807) is 12.1 Å². The van der Waals surface area contributed by atoms with Gasteiger partial charge in [0.25, 0.3) is 0 Å². The highest BCUT2D eigenvalue weighted by molar-refractivity contribution is 6.31. The topological polar surface area (TPSA) is 88.3 Å². The normalized spacial score (nSPS) is 15.5. The maximum atomic E-state index is 13.8. The molecule has 0 radical (unpaired) electrons. The van der Waals surface area contributed by atoms with E-state index in [1.807, 2.05) is 48.3 Å². The zero-order valence-electron chi connectivity index (χ0n) is 22.0. The molecule has 0 saturated heterocycles. The summed E-state index contributed by atoms with van der Waals surface area (Å²) in [7, 11) is 1.90. The molecule has 2 aromatic carbocycles. The summed E-state index contributed by atoms with van der Waals surface area (Å²) in [5.74, 6) is -1.41. The molecule has 0 bridgehead atoms. The molecule has 1 saturated carbocycles. The number of hydrogen-bond donors (Lipinski definition) is 1. The number of carboxylic acid groups (broad SMARTS) is 1. The Balaban J connectivity index is 1.50. The quantitative estimate of drug-likeness (QED) is 0.276. The molecule has 1 aliphatic rings. The zero-order chi connectivity index (χ0) is 27.5. The van der Waals surface area contributed by atoms with Crippen LogP contribution < -0.4 is 4.90 Å². The van der Waals surface area contributed by atoms with Gasteiger partial charge in [0.1, 0.15) is 0 Å². The molecule has 1 atom stereocenters. The molecule has 38 heavy (non-hydrogen) atoms. The number of nitrogens with zero attached hydrogens (tertiary/aromatic N) is 4. The SMILES string of the molecule is [2H]C(c1ccc(-c2ccc3c(cnn3C)c2)cc1Cl)N(C(=O)C1CCCCC1)c1cncc(/C=C/C(=O)O)c1. The van der Waals surface area contributed by atoms with Crippen LogP contribution in [0.2, 0.25) is 5.02 Å². The highest BCUT2D eigenvalue weighted by Gasteiger charge is 2.28. The molecular weight excluding hydrogens is 500 g/mol. The number of aromatic nitrogens is 3. The van der Waals surface area contributed by atoms with Gasteiger partial charge in [0.2, 0.25) is 5.91 Å². The van der Waals surface area contributed by atoms with Crippen molar-refractivity contribution in [2.45, 2.75) is 38.6 Å². The molecule has 1 aliphatic carbocycles. The summed E-state index contributed by atoms with van der Waals surface area (Å²) in [6.45, 7) is -1.11. The number of aliphatic carboxylic acids is 1. The molecule has 7 nitrogen and oxygen atoms in total. The van der Waals surface area contributed by atoms with Crippen molar-refractivity contribution in [3.63, 3.8) is 0 Å². The van der Waals surface area contributed by atoms with Crippen LogP contribution in [-0.4, -0.2) is 31.7 Å². The highest BCUT2D eigenvalue weighted by atomic mass is 35.5. The van der Waals surface area contributed by atoms with Crippen LogP contribution in [0.15, 0.2) is 67.1 Å². The van der Waals surface area contributed by atoms with Crippen molar-refractivity contribution >= 4 is 46.1 Å². The van der Waals surface area contributed by atoms with Crippen LogP contribution in [0.5, 0.6) is 0 Å². The Morgan fingerprint density at radius 3 is 2.63 bits per heavy atom. The third kappa shape index (κ3) is 5.63. The maximum Gasteiger partial charge on any atom is 0.328 e. The summed E-state index contributed by atoms with van der Waals surface area (Å²) in [6.07, 6.45) is 11.9. The number of carbonyl (C=O) groups excluding carboxylic acids is 1. The van der Waals surface area contributed by atoms with E-state index in [2.05, 4.69) is 10.1 Å². The van der Waals surface area contributed by atoms with Gasteiger partial charge in [0, 0.05) is 35.6 Å². The van der Waals surface area contributed by atoms with Gasteiger partial charge >= 0.3 is 5.97 Å². The number of halogens is 1. The fraction of sp³-hybridized carbons (Fsp3) is 0.267. The number of hydrogen-bond acceptors (Lipinski definition) is 4. The first-order valence-electron chi connectivity index (χ1n) is 13.2. The van der Waals surface area contributed by atoms with Gasteiger partial charge in [-0.3, -0.25) is 14.5 Å². The molecule has 1 N–H and O–H groups in total. The average Bonchev–Trinajstić information content (AvgIpc) is 3.32. The number of carbonyl (C=O) groups is 2. The number of fused-ring (bicyclic) bond motifs is 1. The summed E-state index contributed by atoms with van der Waals surface area (Å²) in [6, 6.07) is 13.3. The number of anilines is 1. The Kier molecular flexibility index (Phi) is 7.18. The largest absolute Gasteiger partial charge is 0.478 e. The smallest absolute Gasteiger partial charge is 0.328 e. The van der Waals surface area contributed by atoms with Crippen molar-refractivity contribution in [2.24, 2.45) is 13.0 Å². The van der Waals surface area contributed by atoms with Gasteiger partial charge in [-0.15, -0.1) is 0 Å². The summed E-state index contributed by atoms with van der Waals surface area (Å²) < 4.78 is 11.0. The molecule has 4 aromatic rings. The minimum Gasteiger partial charge on any atom is -0.478 e. The summed E-state index contributed by atoms with van der Waals surface area (Å²) >= 11 is 6.77. The van der Waals surface area contributed by atoms with E-state index in [1.165, 1.54) is 23.4 Å². The lowest BCUT2D eigenvalue weighted by Gasteiger charge is -2.30. The number of benzene rings is 2. The third-order valence-electron chi connectivity index (χ3n) is 6.98. The molecule has 2 aromatic heterocycles. The number of aryl methyl sites for hydroxylation is 1. The maximum absolute atomic E-state index is 13.8. The summed E-state index contributed by atoms with van der Waals surface area (Å²) in [4.78, 5) is 30.5. The molecule has 0 aliphatic heterocycles. The summed E-state index contributed by atoms with van der Waals surface area (Å²) in [5, 5.41) is 14.7. The molecule has 1 fully saturated rings. The van der Waals surface area contributed by atoms with E-state index >= 15 is 0 Å². The predicted octanol–water partition coefficient (Wildman–Crippen LogP) is 6.50. The van der Waals surface area contributed by atoms with Crippen LogP contribution in [0.3, 0.4) is 0 Å². The first kappa shape index (κ1) is 24.4. The van der Waals surface area contributed by atoms with Crippen LogP contribution in [0, 0.1) is 5.92 Å². The van der Waals surface area contributed by atoms with Crippen LogP contribution >= 0.6 is 11.6 Å². The fourth-order valence-electron chi connectivity index (χ4n) is 4.94. The lowest BCUT2D eigenvalue weighted by molar-refractivity contribution is -0.131.